The SMILES string of the molecule is C/C=C(/C)C(=O)O[C@@H]1[C@H](OC(=O)/C(C)=C\C)[C@]2(CO)[C@H](O)C(O)[C@]3(C)C(=CC[C@@H]4[C@@]5(C)CC[C@H](O[C@@H]6O[C@H](C(=O)O)[C@@H](O)[C@@](O)([C@@H]7O[C@H](CO)[C@H](O)[C@H](O)[C@H]7O[C@@H]7O[C@@H](C)[C@H](O)[C@@H](O)[C@H]7O)[C@H]6O[C@@H]6O[C@H](CO)[C@@H](O)[C@H](O)[C@H]6O)C(C)(C)[C@@H]5CC[C@]43C)[C@@H]2CC1(C)C. The molecule has 0 radical (unpaired) electrons. The van der Waals surface area contributed by atoms with Crippen LogP contribution in [0.1, 0.15) is 122 Å². The van der Waals surface area contributed by atoms with Crippen LogP contribution in [0.5, 0.6) is 0 Å². The van der Waals surface area contributed by atoms with Gasteiger partial charge in [0.2, 0.25) is 0 Å². The van der Waals surface area contributed by atoms with Crippen molar-refractivity contribution in [1.82, 2.24) is 0 Å². The van der Waals surface area contributed by atoms with Gasteiger partial charge in [-0.3, -0.25) is 0 Å². The summed E-state index contributed by atoms with van der Waals surface area (Å²) >= 11 is 0. The molecular weight excluding hydrogens is 1220 g/mol. The molecule has 0 spiro atoms. The Morgan fingerprint density at radius 3 is 1.73 bits per heavy atom. The maximum atomic E-state index is 13.9. The van der Waals surface area contributed by atoms with Crippen molar-refractivity contribution in [3.8, 4) is 0 Å². The Labute approximate surface area is 534 Å². The number of hydrogen-bond donors (Lipinski definition) is 16. The van der Waals surface area contributed by atoms with Crippen molar-refractivity contribution in [2.75, 3.05) is 19.8 Å². The summed E-state index contributed by atoms with van der Waals surface area (Å²) in [5, 5.41) is 185. The van der Waals surface area contributed by atoms with Crippen LogP contribution in [-0.2, 0) is 57.0 Å². The van der Waals surface area contributed by atoms with Crippen molar-refractivity contribution in [2.24, 2.45) is 50.2 Å². The fourth-order valence-electron chi connectivity index (χ4n) is 18.3. The molecule has 28 heteroatoms. The van der Waals surface area contributed by atoms with Gasteiger partial charge in [-0.05, 0) is 107 Å². The number of fused-ring (bicyclic) bond motifs is 7. The van der Waals surface area contributed by atoms with Crippen LogP contribution in [0.25, 0.3) is 0 Å². The predicted molar refractivity (Wildman–Crippen MR) is 314 cm³/mol. The number of aliphatic hydroxyl groups is 15. The second-order valence-corrected chi connectivity index (χ2v) is 29.5. The van der Waals surface area contributed by atoms with Crippen LogP contribution in [0.4, 0.5) is 0 Å². The summed E-state index contributed by atoms with van der Waals surface area (Å²) in [5.41, 5.74) is -8.62. The van der Waals surface area contributed by atoms with Crippen LogP contribution in [-0.4, -0.2) is 272 Å². The molecule has 0 aromatic rings. The summed E-state index contributed by atoms with van der Waals surface area (Å²) in [5.74, 6) is -4.68. The van der Waals surface area contributed by atoms with Crippen molar-refractivity contribution in [3.05, 3.63) is 34.9 Å². The molecule has 32 atom stereocenters. The fourth-order valence-corrected chi connectivity index (χ4v) is 18.3. The van der Waals surface area contributed by atoms with Crippen molar-refractivity contribution in [2.45, 2.75) is 274 Å². The molecule has 9 rings (SSSR count). The molecule has 8 fully saturated rings. The van der Waals surface area contributed by atoms with E-state index in [1.165, 1.54) is 6.92 Å². The minimum Gasteiger partial charge on any atom is -0.479 e. The molecular formula is C64H100O28. The Kier molecular flexibility index (Phi) is 20.8. The molecule has 4 saturated heterocycles. The smallest absolute Gasteiger partial charge is 0.335 e. The standard InChI is InChI=1S/C64H100O28/c1-13-25(3)53(81)90-49-50(91-54(82)26(4)14-2)63(24-67)29(21-58(49,6)7)28-15-16-33-60(10)19-18-34(59(8,9)32(60)17-20-61(33,11)62(28,12)46(77)47(63)78)87-57-51(92-56-42(75)39(72)36(69)31(23-66)86-56)64(83,45(76)44(89-57)52(79)80)48-43(40(73)37(70)30(22-65)85-48)88-55-41(74)38(71)35(68)27(5)84-55/h13-15,27,29-51,55-57,65-78,83H,16-24H2,1-12H3,(H,79,80)/b25-13-,26-14-/t27-,29-,30+,31+,32-,33+,34-,35-,36+,37-,38+,39-,40-,41+,42+,43+,44-,45+,46?,47+,48+,49+,50-,51-,55-,56-,57+,60-,61+,62-,63-,64+/m0/s1. The average Bonchev–Trinajstić information content (AvgIpc) is 0.663. The highest BCUT2D eigenvalue weighted by molar-refractivity contribution is 5.89. The minimum absolute atomic E-state index is 0.138. The molecule has 0 aromatic carbocycles. The molecule has 28 nitrogen and oxygen atoms in total. The highest BCUT2D eigenvalue weighted by Crippen LogP contribution is 2.76. The van der Waals surface area contributed by atoms with Gasteiger partial charge in [-0.25, -0.2) is 14.4 Å². The van der Waals surface area contributed by atoms with Gasteiger partial charge in [0.1, 0.15) is 91.6 Å². The van der Waals surface area contributed by atoms with E-state index in [1.807, 2.05) is 34.6 Å². The second-order valence-electron chi connectivity index (χ2n) is 29.5. The van der Waals surface area contributed by atoms with E-state index < -0.39 is 229 Å². The van der Waals surface area contributed by atoms with E-state index in [2.05, 4.69) is 19.9 Å². The lowest BCUT2D eigenvalue weighted by molar-refractivity contribution is -0.420. The summed E-state index contributed by atoms with van der Waals surface area (Å²) in [7, 11) is 0. The lowest BCUT2D eigenvalue weighted by atomic mass is 9.32. The third-order valence-electron chi connectivity index (χ3n) is 24.2. The van der Waals surface area contributed by atoms with Crippen molar-refractivity contribution in [3.63, 3.8) is 0 Å². The molecule has 524 valence electrons. The third-order valence-corrected chi connectivity index (χ3v) is 24.2. The second kappa shape index (κ2) is 26.2. The Balaban J connectivity index is 1.10. The van der Waals surface area contributed by atoms with E-state index in [0.29, 0.717) is 25.7 Å². The number of carboxylic acid groups (broad SMARTS) is 1. The first-order chi connectivity index (χ1) is 42.8. The molecule has 9 aliphatic rings. The van der Waals surface area contributed by atoms with Gasteiger partial charge < -0.3 is 124 Å². The molecule has 5 aliphatic carbocycles. The van der Waals surface area contributed by atoms with Crippen molar-refractivity contribution < 1.29 is 139 Å². The van der Waals surface area contributed by atoms with Crippen molar-refractivity contribution in [1.29, 1.82) is 0 Å². The molecule has 0 amide bonds. The Bertz CT molecular complexity index is 2790. The van der Waals surface area contributed by atoms with E-state index in [-0.39, 0.29) is 35.8 Å². The van der Waals surface area contributed by atoms with E-state index in [9.17, 15) is 96.1 Å². The number of rotatable bonds is 15. The van der Waals surface area contributed by atoms with Gasteiger partial charge in [0.15, 0.2) is 36.7 Å². The first-order valence-electron chi connectivity index (χ1n) is 32.1. The average molecular weight is 1320 g/mol. The van der Waals surface area contributed by atoms with Gasteiger partial charge >= 0.3 is 17.9 Å². The Hall–Kier alpha value is -3.25. The van der Waals surface area contributed by atoms with Gasteiger partial charge in [-0.2, -0.15) is 0 Å². The predicted octanol–water partition coefficient (Wildman–Crippen LogP) is -2.14. The molecule has 4 aliphatic heterocycles. The summed E-state index contributed by atoms with van der Waals surface area (Å²) in [4.78, 5) is 41.1. The molecule has 4 heterocycles. The number of carbonyl (C=O) groups excluding carboxylic acids is 2. The van der Waals surface area contributed by atoms with E-state index in [0.717, 1.165) is 5.57 Å². The summed E-state index contributed by atoms with van der Waals surface area (Å²) in [6.45, 7) is 18.6. The lowest BCUT2D eigenvalue weighted by Gasteiger charge is -2.73. The highest BCUT2D eigenvalue weighted by Gasteiger charge is 2.77. The van der Waals surface area contributed by atoms with Crippen LogP contribution < -0.4 is 0 Å². The third kappa shape index (κ3) is 11.2. The van der Waals surface area contributed by atoms with Crippen LogP contribution in [0.2, 0.25) is 0 Å². The number of aliphatic carboxylic acids is 1. The number of allylic oxidation sites excluding steroid dienone is 3. The molecule has 92 heavy (non-hydrogen) atoms. The zero-order chi connectivity index (χ0) is 68.4. The van der Waals surface area contributed by atoms with Crippen LogP contribution in [0, 0.1) is 50.2 Å². The number of carbonyl (C=O) groups is 3. The van der Waals surface area contributed by atoms with Gasteiger partial charge in [-0.1, -0.05) is 72.3 Å². The van der Waals surface area contributed by atoms with Crippen LogP contribution in [0.15, 0.2) is 34.9 Å². The van der Waals surface area contributed by atoms with Crippen LogP contribution in [0.3, 0.4) is 0 Å². The number of aliphatic hydroxyl groups excluding tert-OH is 14. The fraction of sp³-hybridized carbons (Fsp3) is 0.859. The quantitative estimate of drug-likeness (QED) is 0.0360. The molecule has 0 bridgehead atoms. The summed E-state index contributed by atoms with van der Waals surface area (Å²) in [6.07, 6.45) is -40.0. The molecule has 0 aromatic heterocycles. The summed E-state index contributed by atoms with van der Waals surface area (Å²) in [6, 6.07) is 0. The van der Waals surface area contributed by atoms with Crippen molar-refractivity contribution >= 4 is 17.9 Å². The van der Waals surface area contributed by atoms with Crippen LogP contribution >= 0.6 is 0 Å². The lowest BCUT2D eigenvalue weighted by Crippen LogP contribution is -2.79. The van der Waals surface area contributed by atoms with Gasteiger partial charge in [0, 0.05) is 22.0 Å². The zero-order valence-electron chi connectivity index (χ0n) is 54.2. The number of ether oxygens (including phenoxy) is 9. The maximum Gasteiger partial charge on any atom is 0.335 e. The monoisotopic (exact) mass is 1320 g/mol. The topological polar surface area (TPSA) is 458 Å². The highest BCUT2D eigenvalue weighted by atomic mass is 16.8. The first kappa shape index (κ1) is 73.0. The van der Waals surface area contributed by atoms with Gasteiger partial charge in [0.25, 0.3) is 0 Å². The molecule has 4 saturated carbocycles. The van der Waals surface area contributed by atoms with E-state index in [4.69, 9.17) is 42.6 Å². The Morgan fingerprint density at radius 1 is 0.609 bits per heavy atom. The zero-order valence-corrected chi connectivity index (χ0v) is 54.2. The molecule has 1 unspecified atom stereocenters. The number of carboxylic acids is 1. The number of esters is 2. The minimum atomic E-state index is -3.44. The van der Waals surface area contributed by atoms with Gasteiger partial charge in [0.05, 0.1) is 49.7 Å². The summed E-state index contributed by atoms with van der Waals surface area (Å²) < 4.78 is 55.5. The largest absolute Gasteiger partial charge is 0.479 e. The first-order valence-corrected chi connectivity index (χ1v) is 32.1. The normalized spacial score (nSPS) is 51.0. The number of hydrogen-bond acceptors (Lipinski definition) is 27. The molecule has 16 N–H and O–H groups in total. The van der Waals surface area contributed by atoms with E-state index >= 15 is 0 Å². The maximum absolute atomic E-state index is 13.9. The van der Waals surface area contributed by atoms with Gasteiger partial charge in [-0.15, -0.1) is 0 Å². The van der Waals surface area contributed by atoms with E-state index in [1.54, 1.807) is 39.8 Å². The Morgan fingerprint density at radius 2 is 1.16 bits per heavy atom.